The highest BCUT2D eigenvalue weighted by Crippen LogP contribution is 2.39. The van der Waals surface area contributed by atoms with Gasteiger partial charge in [0.25, 0.3) is 0 Å². The fourth-order valence-corrected chi connectivity index (χ4v) is 6.23. The van der Waals surface area contributed by atoms with Gasteiger partial charge in [0.05, 0.1) is 38.7 Å². The van der Waals surface area contributed by atoms with Gasteiger partial charge in [0.2, 0.25) is 5.91 Å². The van der Waals surface area contributed by atoms with Crippen LogP contribution < -0.4 is 10.6 Å². The zero-order chi connectivity index (χ0) is 32.0. The number of fused-ring (bicyclic) bond motifs is 1. The van der Waals surface area contributed by atoms with Crippen LogP contribution in [0.5, 0.6) is 5.75 Å². The number of hydrogen-bond donors (Lipinski definition) is 1. The predicted octanol–water partition coefficient (Wildman–Crippen LogP) is 5.59. The van der Waals surface area contributed by atoms with Crippen LogP contribution >= 0.6 is 11.6 Å². The molecule has 1 N–H and O–H groups in total. The van der Waals surface area contributed by atoms with Crippen LogP contribution in [0.1, 0.15) is 64.8 Å². The summed E-state index contributed by atoms with van der Waals surface area (Å²) in [6, 6.07) is 5.08. The monoisotopic (exact) mass is 619 g/mol. The summed E-state index contributed by atoms with van der Waals surface area (Å²) >= 11 is 6.77. The van der Waals surface area contributed by atoms with Crippen molar-refractivity contribution in [3.63, 3.8) is 0 Å². The summed E-state index contributed by atoms with van der Waals surface area (Å²) in [5, 5.41) is 11.1. The maximum atomic E-state index is 15.1. The Hall–Kier alpha value is -4.38. The van der Waals surface area contributed by atoms with Crippen molar-refractivity contribution in [3.05, 3.63) is 76.0 Å². The third-order valence-corrected chi connectivity index (χ3v) is 8.16. The molecule has 0 radical (unpaired) electrons. The predicted molar refractivity (Wildman–Crippen MR) is 169 cm³/mol. The van der Waals surface area contributed by atoms with E-state index >= 15 is 4.39 Å². The van der Waals surface area contributed by atoms with Crippen LogP contribution in [0.4, 0.5) is 10.2 Å². The van der Waals surface area contributed by atoms with Gasteiger partial charge in [-0.3, -0.25) is 4.79 Å². The molecule has 0 spiro atoms. The number of benzene rings is 1. The van der Waals surface area contributed by atoms with Crippen LogP contribution in [0.3, 0.4) is 0 Å². The highest BCUT2D eigenvalue weighted by atomic mass is 35.5. The smallest absolute Gasteiger partial charge is 0.355 e. The first-order valence-corrected chi connectivity index (χ1v) is 14.9. The molecule has 5 rings (SSSR count). The zero-order valence-electron chi connectivity index (χ0n) is 25.5. The van der Waals surface area contributed by atoms with E-state index in [0.717, 1.165) is 0 Å². The molecule has 4 heterocycles. The van der Waals surface area contributed by atoms with Crippen molar-refractivity contribution in [2.24, 2.45) is 0 Å². The molecule has 1 amide bonds. The van der Waals surface area contributed by atoms with E-state index in [2.05, 4.69) is 21.5 Å². The van der Waals surface area contributed by atoms with E-state index in [0.29, 0.717) is 41.4 Å². The van der Waals surface area contributed by atoms with Gasteiger partial charge in [-0.15, -0.1) is 0 Å². The van der Waals surface area contributed by atoms with Gasteiger partial charge < -0.3 is 14.9 Å². The van der Waals surface area contributed by atoms with Gasteiger partial charge in [0.1, 0.15) is 23.7 Å². The number of carbonyl (C=O) groups excluding carboxylic acids is 1. The lowest BCUT2D eigenvalue weighted by Gasteiger charge is -2.44. The summed E-state index contributed by atoms with van der Waals surface area (Å²) in [7, 11) is 0. The number of amides is 1. The Morgan fingerprint density at radius 2 is 1.70 bits per heavy atom. The molecule has 2 atom stereocenters. The van der Waals surface area contributed by atoms with E-state index in [1.807, 2.05) is 46.4 Å². The Balaban J connectivity index is 1.87. The maximum absolute atomic E-state index is 15.1. The summed E-state index contributed by atoms with van der Waals surface area (Å²) in [5.41, 5.74) is 0.999. The highest BCUT2D eigenvalue weighted by Gasteiger charge is 2.34. The minimum absolute atomic E-state index is 0.0303. The summed E-state index contributed by atoms with van der Waals surface area (Å²) in [4.78, 5) is 48.9. The van der Waals surface area contributed by atoms with Crippen LogP contribution in [0.25, 0.3) is 28.0 Å². The number of piperazine rings is 1. The number of phenols is 1. The van der Waals surface area contributed by atoms with Crippen molar-refractivity contribution in [2.75, 3.05) is 18.0 Å². The van der Waals surface area contributed by atoms with E-state index in [1.54, 1.807) is 11.0 Å². The van der Waals surface area contributed by atoms with Gasteiger partial charge in [-0.05, 0) is 50.0 Å². The molecule has 0 saturated carbocycles. The molecule has 44 heavy (non-hydrogen) atoms. The zero-order valence-corrected chi connectivity index (χ0v) is 26.3. The van der Waals surface area contributed by atoms with Crippen LogP contribution in [-0.4, -0.2) is 65.6 Å². The number of halogens is 2. The van der Waals surface area contributed by atoms with Gasteiger partial charge >= 0.3 is 5.69 Å². The summed E-state index contributed by atoms with van der Waals surface area (Å²) < 4.78 is 16.5. The van der Waals surface area contributed by atoms with E-state index in [9.17, 15) is 14.7 Å². The van der Waals surface area contributed by atoms with Gasteiger partial charge in [0.15, 0.2) is 5.65 Å². The molecule has 0 unspecified atom stereocenters. The SMILES string of the molecule is C=CC(=O)N1[C@H](C)CN(c2nc(=O)n(-c3c(C(C)C)ncnc3C(C)C)c3nc(-c4c(O)cccc4F)c(Cl)cc23)C[C@@H]1C. The fourth-order valence-electron chi connectivity index (χ4n) is 5.99. The molecule has 10 nitrogen and oxygen atoms in total. The molecule has 1 aromatic carbocycles. The number of carbonyl (C=O) groups is 1. The molecule has 230 valence electrons. The second-order valence-electron chi connectivity index (χ2n) is 11.7. The lowest BCUT2D eigenvalue weighted by atomic mass is 10.0. The summed E-state index contributed by atoms with van der Waals surface area (Å²) in [6.45, 7) is 16.1. The number of pyridine rings is 1. The van der Waals surface area contributed by atoms with Crippen molar-refractivity contribution < 1.29 is 14.3 Å². The molecule has 1 fully saturated rings. The van der Waals surface area contributed by atoms with Gasteiger partial charge in [0, 0.05) is 25.2 Å². The number of hydrogen-bond acceptors (Lipinski definition) is 8. The Morgan fingerprint density at radius 1 is 1.09 bits per heavy atom. The summed E-state index contributed by atoms with van der Waals surface area (Å²) in [5.74, 6) is -1.09. The standard InChI is InChI=1S/C32H35ClFN7O3/c1-8-24(43)40-18(6)13-39(14-19(40)7)30-20-12-21(33)28(25-22(34)10-9-11-23(25)42)37-31(20)41(32(44)38-30)29-26(16(2)3)35-15-36-27(29)17(4)5/h8-12,15-19,42H,1,13-14H2,2-7H3/t18-,19+. The Kier molecular flexibility index (Phi) is 8.44. The van der Waals surface area contributed by atoms with E-state index in [-0.39, 0.29) is 57.5 Å². The van der Waals surface area contributed by atoms with Crippen molar-refractivity contribution in [1.29, 1.82) is 0 Å². The summed E-state index contributed by atoms with van der Waals surface area (Å²) in [6.07, 6.45) is 2.77. The number of nitrogens with zero attached hydrogens (tertiary/aromatic N) is 7. The first-order valence-electron chi connectivity index (χ1n) is 14.5. The second kappa shape index (κ2) is 12.0. The normalized spacial score (nSPS) is 17.1. The molecule has 0 aliphatic carbocycles. The topological polar surface area (TPSA) is 117 Å². The largest absolute Gasteiger partial charge is 0.507 e. The molecular formula is C32H35ClFN7O3. The molecule has 3 aromatic heterocycles. The third kappa shape index (κ3) is 5.29. The highest BCUT2D eigenvalue weighted by molar-refractivity contribution is 6.34. The minimum Gasteiger partial charge on any atom is -0.507 e. The third-order valence-electron chi connectivity index (χ3n) is 7.87. The molecule has 1 aliphatic heterocycles. The molecule has 1 aliphatic rings. The van der Waals surface area contributed by atoms with Crippen molar-refractivity contribution in [2.45, 2.75) is 65.5 Å². The average Bonchev–Trinajstić information content (AvgIpc) is 2.96. The first kappa shape index (κ1) is 31.1. The molecular weight excluding hydrogens is 585 g/mol. The molecule has 12 heteroatoms. The molecule has 1 saturated heterocycles. The van der Waals surface area contributed by atoms with E-state index in [4.69, 9.17) is 16.6 Å². The van der Waals surface area contributed by atoms with Gasteiger partial charge in [-0.2, -0.15) is 4.98 Å². The minimum atomic E-state index is -0.721. The molecule has 4 aromatic rings. The van der Waals surface area contributed by atoms with Crippen molar-refractivity contribution in [3.8, 4) is 22.7 Å². The number of aromatic nitrogens is 5. The number of anilines is 1. The van der Waals surface area contributed by atoms with Gasteiger partial charge in [-0.25, -0.2) is 28.7 Å². The van der Waals surface area contributed by atoms with E-state index < -0.39 is 11.5 Å². The second-order valence-corrected chi connectivity index (χ2v) is 12.1. The average molecular weight is 620 g/mol. The molecule has 0 bridgehead atoms. The number of phenolic OH excluding ortho intramolecular Hbond substituents is 1. The Labute approximate surface area is 259 Å². The van der Waals surface area contributed by atoms with Gasteiger partial charge in [-0.1, -0.05) is 51.9 Å². The lowest BCUT2D eigenvalue weighted by Crippen LogP contribution is -2.58. The maximum Gasteiger partial charge on any atom is 0.355 e. The quantitative estimate of drug-likeness (QED) is 0.277. The van der Waals surface area contributed by atoms with Crippen LogP contribution in [0.2, 0.25) is 5.02 Å². The van der Waals surface area contributed by atoms with E-state index in [1.165, 1.54) is 35.2 Å². The van der Waals surface area contributed by atoms with Crippen LogP contribution in [0.15, 0.2) is 48.0 Å². The van der Waals surface area contributed by atoms with Crippen molar-refractivity contribution >= 4 is 34.4 Å². The fraction of sp³-hybridized carbons (Fsp3) is 0.375. The first-order chi connectivity index (χ1) is 20.8. The lowest BCUT2D eigenvalue weighted by molar-refractivity contribution is -0.130. The van der Waals surface area contributed by atoms with Crippen molar-refractivity contribution in [1.82, 2.24) is 29.4 Å². The Bertz CT molecular complexity index is 1780. The van der Waals surface area contributed by atoms with Crippen LogP contribution in [-0.2, 0) is 4.79 Å². The Morgan fingerprint density at radius 3 is 2.25 bits per heavy atom. The number of rotatable bonds is 6. The van der Waals surface area contributed by atoms with Crippen LogP contribution in [0, 0.1) is 5.82 Å². The number of aromatic hydroxyl groups is 1.